The SMILES string of the molecule is Cc1c(O)nc(-c2ccc(OC(F)F)cc2)[nH]c1=O. The standard InChI is InChI=1S/C12H10F2N2O3/c1-6-10(17)15-9(16-11(6)18)7-2-4-8(5-3-7)19-12(13)14/h2-5,12H,1H3,(H2,15,16,17,18). The fraction of sp³-hybridized carbons (Fsp3) is 0.167. The van der Waals surface area contributed by atoms with Gasteiger partial charge < -0.3 is 14.8 Å². The Morgan fingerprint density at radius 1 is 1.32 bits per heavy atom. The van der Waals surface area contributed by atoms with Crippen LogP contribution >= 0.6 is 0 Å². The van der Waals surface area contributed by atoms with Gasteiger partial charge in [0, 0.05) is 5.56 Å². The van der Waals surface area contributed by atoms with Gasteiger partial charge in [0.2, 0.25) is 5.88 Å². The van der Waals surface area contributed by atoms with E-state index in [0.29, 0.717) is 5.56 Å². The van der Waals surface area contributed by atoms with E-state index in [9.17, 15) is 18.7 Å². The maximum absolute atomic E-state index is 12.0. The molecule has 19 heavy (non-hydrogen) atoms. The maximum atomic E-state index is 12.0. The molecule has 100 valence electrons. The number of alkyl halides is 2. The van der Waals surface area contributed by atoms with E-state index >= 15 is 0 Å². The smallest absolute Gasteiger partial charge is 0.387 e. The summed E-state index contributed by atoms with van der Waals surface area (Å²) in [5.74, 6) is -0.221. The number of benzene rings is 1. The summed E-state index contributed by atoms with van der Waals surface area (Å²) in [6, 6.07) is 5.53. The van der Waals surface area contributed by atoms with Crippen molar-refractivity contribution in [3.8, 4) is 23.0 Å². The van der Waals surface area contributed by atoms with Crippen LogP contribution in [-0.2, 0) is 0 Å². The lowest BCUT2D eigenvalue weighted by Gasteiger charge is -2.06. The Bertz CT molecular complexity index is 638. The second kappa shape index (κ2) is 5.05. The Balaban J connectivity index is 2.35. The highest BCUT2D eigenvalue weighted by Gasteiger charge is 2.09. The normalized spacial score (nSPS) is 10.7. The molecule has 0 radical (unpaired) electrons. The topological polar surface area (TPSA) is 75.2 Å². The molecule has 0 aliphatic heterocycles. The van der Waals surface area contributed by atoms with Crippen molar-refractivity contribution in [2.24, 2.45) is 0 Å². The Labute approximate surface area is 106 Å². The maximum Gasteiger partial charge on any atom is 0.387 e. The summed E-state index contributed by atoms with van der Waals surface area (Å²) in [6.07, 6.45) is 0. The van der Waals surface area contributed by atoms with E-state index in [-0.39, 0.29) is 23.0 Å². The van der Waals surface area contributed by atoms with Gasteiger partial charge in [-0.05, 0) is 31.2 Å². The predicted molar refractivity (Wildman–Crippen MR) is 63.3 cm³/mol. The molecule has 0 spiro atoms. The number of halogens is 2. The number of H-pyrrole nitrogens is 1. The lowest BCUT2D eigenvalue weighted by atomic mass is 10.2. The molecule has 7 heteroatoms. The van der Waals surface area contributed by atoms with E-state index in [1.807, 2.05) is 0 Å². The van der Waals surface area contributed by atoms with Crippen LogP contribution in [0.5, 0.6) is 11.6 Å². The number of aromatic amines is 1. The van der Waals surface area contributed by atoms with E-state index in [0.717, 1.165) is 0 Å². The van der Waals surface area contributed by atoms with Gasteiger partial charge >= 0.3 is 6.61 Å². The Kier molecular flexibility index (Phi) is 3.46. The minimum atomic E-state index is -2.90. The summed E-state index contributed by atoms with van der Waals surface area (Å²) in [5, 5.41) is 9.46. The van der Waals surface area contributed by atoms with Crippen molar-refractivity contribution in [2.45, 2.75) is 13.5 Å². The third-order valence-corrected chi connectivity index (χ3v) is 2.48. The third-order valence-electron chi connectivity index (χ3n) is 2.48. The number of nitrogens with one attached hydrogen (secondary N) is 1. The van der Waals surface area contributed by atoms with Crippen molar-refractivity contribution in [1.82, 2.24) is 9.97 Å². The minimum Gasteiger partial charge on any atom is -0.493 e. The molecule has 0 bridgehead atoms. The van der Waals surface area contributed by atoms with Crippen molar-refractivity contribution in [2.75, 3.05) is 0 Å². The first-order valence-corrected chi connectivity index (χ1v) is 5.32. The van der Waals surface area contributed by atoms with E-state index in [4.69, 9.17) is 0 Å². The molecule has 0 unspecified atom stereocenters. The fourth-order valence-corrected chi connectivity index (χ4v) is 1.45. The van der Waals surface area contributed by atoms with Crippen molar-refractivity contribution >= 4 is 0 Å². The van der Waals surface area contributed by atoms with Crippen LogP contribution in [0.4, 0.5) is 8.78 Å². The van der Waals surface area contributed by atoms with Crippen LogP contribution in [0.15, 0.2) is 29.1 Å². The highest BCUT2D eigenvalue weighted by Crippen LogP contribution is 2.21. The molecule has 0 atom stereocenters. The zero-order valence-corrected chi connectivity index (χ0v) is 9.85. The van der Waals surface area contributed by atoms with Gasteiger partial charge in [-0.2, -0.15) is 13.8 Å². The van der Waals surface area contributed by atoms with Crippen LogP contribution in [0.2, 0.25) is 0 Å². The summed E-state index contributed by atoms with van der Waals surface area (Å²) >= 11 is 0. The summed E-state index contributed by atoms with van der Waals surface area (Å²) < 4.78 is 28.2. The molecule has 5 nitrogen and oxygen atoms in total. The van der Waals surface area contributed by atoms with Gasteiger partial charge in [-0.3, -0.25) is 4.79 Å². The molecule has 2 rings (SSSR count). The summed E-state index contributed by atoms with van der Waals surface area (Å²) in [6.45, 7) is -1.46. The van der Waals surface area contributed by atoms with Gasteiger partial charge in [0.25, 0.3) is 5.56 Å². The molecule has 0 fully saturated rings. The van der Waals surface area contributed by atoms with Gasteiger partial charge in [-0.25, -0.2) is 0 Å². The molecule has 1 aromatic heterocycles. The van der Waals surface area contributed by atoms with Gasteiger partial charge in [0.15, 0.2) is 0 Å². The van der Waals surface area contributed by atoms with Crippen molar-refractivity contribution in [3.05, 3.63) is 40.2 Å². The average Bonchev–Trinajstić information content (AvgIpc) is 2.35. The highest BCUT2D eigenvalue weighted by molar-refractivity contribution is 5.56. The van der Waals surface area contributed by atoms with Crippen LogP contribution in [0.25, 0.3) is 11.4 Å². The fourth-order valence-electron chi connectivity index (χ4n) is 1.45. The van der Waals surface area contributed by atoms with Crippen LogP contribution in [-0.4, -0.2) is 21.7 Å². The van der Waals surface area contributed by atoms with Crippen molar-refractivity contribution in [3.63, 3.8) is 0 Å². The van der Waals surface area contributed by atoms with E-state index < -0.39 is 12.2 Å². The molecule has 1 aromatic carbocycles. The van der Waals surface area contributed by atoms with Crippen LogP contribution in [0, 0.1) is 6.92 Å². The lowest BCUT2D eigenvalue weighted by Crippen LogP contribution is -2.12. The number of aromatic hydroxyl groups is 1. The second-order valence-corrected chi connectivity index (χ2v) is 3.77. The van der Waals surface area contributed by atoms with Gasteiger partial charge in [0.05, 0.1) is 5.56 Å². The summed E-state index contributed by atoms with van der Waals surface area (Å²) in [4.78, 5) is 17.7. The molecule has 0 aliphatic carbocycles. The van der Waals surface area contributed by atoms with E-state index in [2.05, 4.69) is 14.7 Å². The zero-order valence-electron chi connectivity index (χ0n) is 9.85. The number of hydrogen-bond acceptors (Lipinski definition) is 4. The largest absolute Gasteiger partial charge is 0.493 e. The molecule has 0 aliphatic rings. The number of rotatable bonds is 3. The quantitative estimate of drug-likeness (QED) is 0.893. The Morgan fingerprint density at radius 2 is 1.95 bits per heavy atom. The predicted octanol–water partition coefficient (Wildman–Crippen LogP) is 2.05. The van der Waals surface area contributed by atoms with Crippen molar-refractivity contribution < 1.29 is 18.6 Å². The Hall–Kier alpha value is -2.44. The first-order valence-electron chi connectivity index (χ1n) is 5.32. The van der Waals surface area contributed by atoms with Crippen LogP contribution < -0.4 is 10.3 Å². The minimum absolute atomic E-state index is 0.00238. The van der Waals surface area contributed by atoms with Gasteiger partial charge in [0.1, 0.15) is 11.6 Å². The molecule has 0 saturated carbocycles. The first-order chi connectivity index (χ1) is 8.97. The lowest BCUT2D eigenvalue weighted by molar-refractivity contribution is -0.0498. The second-order valence-electron chi connectivity index (χ2n) is 3.77. The number of ether oxygens (including phenoxy) is 1. The molecule has 1 heterocycles. The molecular weight excluding hydrogens is 258 g/mol. The zero-order chi connectivity index (χ0) is 14.0. The monoisotopic (exact) mass is 268 g/mol. The molecule has 2 aromatic rings. The molecule has 0 saturated heterocycles. The average molecular weight is 268 g/mol. The Morgan fingerprint density at radius 3 is 2.47 bits per heavy atom. The van der Waals surface area contributed by atoms with Crippen molar-refractivity contribution in [1.29, 1.82) is 0 Å². The van der Waals surface area contributed by atoms with Crippen LogP contribution in [0.3, 0.4) is 0 Å². The summed E-state index contributed by atoms with van der Waals surface area (Å²) in [7, 11) is 0. The van der Waals surface area contributed by atoms with Crippen LogP contribution in [0.1, 0.15) is 5.56 Å². The van der Waals surface area contributed by atoms with E-state index in [1.165, 1.54) is 31.2 Å². The molecule has 2 N–H and O–H groups in total. The highest BCUT2D eigenvalue weighted by atomic mass is 19.3. The first kappa shape index (κ1) is 13.0. The van der Waals surface area contributed by atoms with Gasteiger partial charge in [-0.1, -0.05) is 0 Å². The van der Waals surface area contributed by atoms with Gasteiger partial charge in [-0.15, -0.1) is 0 Å². The third kappa shape index (κ3) is 2.87. The number of aromatic nitrogens is 2. The molecular formula is C12H10F2N2O3. The summed E-state index contributed by atoms with van der Waals surface area (Å²) in [5.41, 5.74) is 0.117. The number of nitrogens with zero attached hydrogens (tertiary/aromatic N) is 1. The molecule has 0 amide bonds. The van der Waals surface area contributed by atoms with E-state index in [1.54, 1.807) is 0 Å². The number of hydrogen-bond donors (Lipinski definition) is 2.